The van der Waals surface area contributed by atoms with Crippen LogP contribution in [-0.4, -0.2) is 85.6 Å². The van der Waals surface area contributed by atoms with Gasteiger partial charge in [-0.3, -0.25) is 4.79 Å². The van der Waals surface area contributed by atoms with E-state index in [1.165, 1.54) is 17.0 Å². The summed E-state index contributed by atoms with van der Waals surface area (Å²) < 4.78 is 10.8. The van der Waals surface area contributed by atoms with Gasteiger partial charge in [-0.1, -0.05) is 18.2 Å². The normalized spacial score (nSPS) is 23.9. The molecule has 4 atom stereocenters. The van der Waals surface area contributed by atoms with E-state index in [9.17, 15) is 25.4 Å². The number of hydrogen-bond acceptors (Lipinski definition) is 9. The van der Waals surface area contributed by atoms with Crippen molar-refractivity contribution in [2.45, 2.75) is 18.3 Å². The average molecular weight is 550 g/mol. The Morgan fingerprint density at radius 2 is 1.87 bits per heavy atom. The standard InChI is InChI=1S/C29H31N3O6S/c30-14-21(29(36)31-15-22-17-38-25(16-33)28(35)27(22)34)13-24-5-6-26(39-24)20-2-1-19-12-23(4-3-18(19)11-20)32-7-9-37-10-8-32/h1-6,11-13,22,25,27-28,33-35H,7-10,15-17H2,(H,31,36)/b21-13+/t22?,25-,27-,28-/m1/s1. The fraction of sp³-hybridized carbons (Fsp3) is 0.379. The Morgan fingerprint density at radius 3 is 2.64 bits per heavy atom. The van der Waals surface area contributed by atoms with Gasteiger partial charge in [0.2, 0.25) is 0 Å². The summed E-state index contributed by atoms with van der Waals surface area (Å²) in [7, 11) is 0. The summed E-state index contributed by atoms with van der Waals surface area (Å²) in [5.41, 5.74) is 2.19. The molecule has 2 aliphatic rings. The summed E-state index contributed by atoms with van der Waals surface area (Å²) in [6.07, 6.45) is -1.71. The highest BCUT2D eigenvalue weighted by Gasteiger charge is 2.38. The van der Waals surface area contributed by atoms with E-state index in [1.54, 1.807) is 6.08 Å². The van der Waals surface area contributed by atoms with E-state index in [0.717, 1.165) is 52.4 Å². The Kier molecular flexibility index (Phi) is 8.57. The molecule has 2 aliphatic heterocycles. The lowest BCUT2D eigenvalue weighted by Gasteiger charge is -2.36. The van der Waals surface area contributed by atoms with E-state index in [0.29, 0.717) is 0 Å². The molecule has 3 heterocycles. The highest BCUT2D eigenvalue weighted by atomic mass is 32.1. The van der Waals surface area contributed by atoms with Gasteiger partial charge in [0, 0.05) is 41.0 Å². The highest BCUT2D eigenvalue weighted by Crippen LogP contribution is 2.33. The molecule has 9 nitrogen and oxygen atoms in total. The molecule has 5 rings (SSSR count). The summed E-state index contributed by atoms with van der Waals surface area (Å²) in [6, 6.07) is 18.6. The number of morpholine rings is 1. The van der Waals surface area contributed by atoms with Crippen molar-refractivity contribution >= 4 is 39.8 Å². The van der Waals surface area contributed by atoms with E-state index < -0.39 is 36.7 Å². The number of aliphatic hydroxyl groups excluding tert-OH is 3. The van der Waals surface area contributed by atoms with Crippen molar-refractivity contribution in [2.75, 3.05) is 51.0 Å². The first-order valence-electron chi connectivity index (χ1n) is 12.9. The molecule has 3 aromatic rings. The van der Waals surface area contributed by atoms with Gasteiger partial charge in [0.15, 0.2) is 0 Å². The fourth-order valence-corrected chi connectivity index (χ4v) is 5.83. The van der Waals surface area contributed by atoms with Crippen LogP contribution in [0.5, 0.6) is 0 Å². The van der Waals surface area contributed by atoms with Crippen LogP contribution in [0.2, 0.25) is 0 Å². The van der Waals surface area contributed by atoms with Gasteiger partial charge in [0.05, 0.1) is 32.5 Å². The fourth-order valence-electron chi connectivity index (χ4n) is 4.88. The molecule has 1 aromatic heterocycles. The largest absolute Gasteiger partial charge is 0.394 e. The van der Waals surface area contributed by atoms with Crippen molar-refractivity contribution in [3.05, 3.63) is 59.0 Å². The molecule has 0 aliphatic carbocycles. The monoisotopic (exact) mass is 549 g/mol. The van der Waals surface area contributed by atoms with Crippen molar-refractivity contribution in [1.82, 2.24) is 5.32 Å². The molecular weight excluding hydrogens is 518 g/mol. The van der Waals surface area contributed by atoms with Crippen LogP contribution in [0.1, 0.15) is 4.88 Å². The molecular formula is C29H31N3O6S. The van der Waals surface area contributed by atoms with Crippen molar-refractivity contribution in [3.63, 3.8) is 0 Å². The number of thiophene rings is 1. The van der Waals surface area contributed by atoms with Gasteiger partial charge < -0.3 is 35.0 Å². The number of nitriles is 1. The minimum Gasteiger partial charge on any atom is -0.394 e. The van der Waals surface area contributed by atoms with Crippen molar-refractivity contribution < 1.29 is 29.6 Å². The Bertz CT molecular complexity index is 1390. The maximum Gasteiger partial charge on any atom is 0.261 e. The second-order valence-corrected chi connectivity index (χ2v) is 10.8. The van der Waals surface area contributed by atoms with Gasteiger partial charge in [0.25, 0.3) is 5.91 Å². The smallest absolute Gasteiger partial charge is 0.261 e. The molecule has 2 aromatic carbocycles. The van der Waals surface area contributed by atoms with E-state index in [-0.39, 0.29) is 18.7 Å². The minimum atomic E-state index is -1.25. The zero-order valence-corrected chi connectivity index (χ0v) is 22.1. The predicted molar refractivity (Wildman–Crippen MR) is 149 cm³/mol. The third-order valence-corrected chi connectivity index (χ3v) is 8.29. The van der Waals surface area contributed by atoms with E-state index in [1.807, 2.05) is 18.2 Å². The van der Waals surface area contributed by atoms with Crippen LogP contribution < -0.4 is 10.2 Å². The SMILES string of the molecule is N#C/C(=C\c1ccc(-c2ccc3cc(N4CCOCC4)ccc3c2)s1)C(=O)NCC1CO[C@H](CO)[C@@H](O)[C@@H]1O. The minimum absolute atomic E-state index is 0.0221. The maximum atomic E-state index is 12.7. The topological polar surface area (TPSA) is 135 Å². The maximum absolute atomic E-state index is 12.7. The first-order valence-corrected chi connectivity index (χ1v) is 13.7. The number of rotatable bonds is 7. The van der Waals surface area contributed by atoms with Gasteiger partial charge >= 0.3 is 0 Å². The molecule has 0 bridgehead atoms. The van der Waals surface area contributed by atoms with Gasteiger partial charge in [-0.05, 0) is 52.7 Å². The summed E-state index contributed by atoms with van der Waals surface area (Å²) in [4.78, 5) is 16.8. The summed E-state index contributed by atoms with van der Waals surface area (Å²) in [6.45, 7) is 2.96. The second kappa shape index (κ2) is 12.3. The number of nitrogens with zero attached hydrogens (tertiary/aromatic N) is 2. The predicted octanol–water partition coefficient (Wildman–Crippen LogP) is 2.16. The van der Waals surface area contributed by atoms with Gasteiger partial charge in [0.1, 0.15) is 23.9 Å². The molecule has 10 heteroatoms. The third kappa shape index (κ3) is 6.15. The zero-order valence-electron chi connectivity index (χ0n) is 21.3. The van der Waals surface area contributed by atoms with Gasteiger partial charge in [-0.15, -0.1) is 11.3 Å². The quantitative estimate of drug-likeness (QED) is 0.260. The number of aliphatic hydroxyl groups is 3. The van der Waals surface area contributed by atoms with Gasteiger partial charge in [-0.25, -0.2) is 0 Å². The number of amides is 1. The molecule has 204 valence electrons. The van der Waals surface area contributed by atoms with E-state index in [4.69, 9.17) is 9.47 Å². The Labute approximate surface area is 230 Å². The number of hydrogen-bond donors (Lipinski definition) is 4. The number of carbonyl (C=O) groups is 1. The van der Waals surface area contributed by atoms with E-state index >= 15 is 0 Å². The number of anilines is 1. The molecule has 2 saturated heterocycles. The number of benzene rings is 2. The Morgan fingerprint density at radius 1 is 1.10 bits per heavy atom. The summed E-state index contributed by atoms with van der Waals surface area (Å²) >= 11 is 1.48. The first-order chi connectivity index (χ1) is 19.0. The van der Waals surface area contributed by atoms with Crippen molar-refractivity contribution in [3.8, 4) is 16.5 Å². The van der Waals surface area contributed by atoms with Crippen LogP contribution in [0.15, 0.2) is 54.1 Å². The van der Waals surface area contributed by atoms with E-state index in [2.05, 4.69) is 46.6 Å². The summed E-state index contributed by atoms with van der Waals surface area (Å²) in [5, 5.41) is 44.0. The molecule has 4 N–H and O–H groups in total. The average Bonchev–Trinajstić information content (AvgIpc) is 3.45. The lowest BCUT2D eigenvalue weighted by Crippen LogP contribution is -2.54. The van der Waals surface area contributed by atoms with Crippen molar-refractivity contribution in [1.29, 1.82) is 5.26 Å². The van der Waals surface area contributed by atoms with Crippen LogP contribution >= 0.6 is 11.3 Å². The molecule has 1 unspecified atom stereocenters. The van der Waals surface area contributed by atoms with Crippen LogP contribution in [0.3, 0.4) is 0 Å². The molecule has 2 fully saturated rings. The molecule has 0 saturated carbocycles. The van der Waals surface area contributed by atoms with Crippen LogP contribution in [0.4, 0.5) is 5.69 Å². The number of carbonyl (C=O) groups excluding carboxylic acids is 1. The molecule has 1 amide bonds. The number of nitrogens with one attached hydrogen (secondary N) is 1. The van der Waals surface area contributed by atoms with Crippen LogP contribution in [-0.2, 0) is 14.3 Å². The van der Waals surface area contributed by atoms with Crippen LogP contribution in [0.25, 0.3) is 27.3 Å². The highest BCUT2D eigenvalue weighted by molar-refractivity contribution is 7.16. The lowest BCUT2D eigenvalue weighted by atomic mass is 9.92. The van der Waals surface area contributed by atoms with Gasteiger partial charge in [-0.2, -0.15) is 5.26 Å². The lowest BCUT2D eigenvalue weighted by molar-refractivity contribution is -0.173. The first kappa shape index (κ1) is 27.3. The molecule has 39 heavy (non-hydrogen) atoms. The molecule has 0 spiro atoms. The Balaban J connectivity index is 1.25. The second-order valence-electron chi connectivity index (χ2n) is 9.72. The summed E-state index contributed by atoms with van der Waals surface area (Å²) in [5.74, 6) is -1.13. The Hall–Kier alpha value is -3.30. The van der Waals surface area contributed by atoms with Crippen molar-refractivity contribution in [2.24, 2.45) is 5.92 Å². The zero-order chi connectivity index (χ0) is 27.4. The number of ether oxygens (including phenoxy) is 2. The molecule has 0 radical (unpaired) electrons. The number of fused-ring (bicyclic) bond motifs is 1. The van der Waals surface area contributed by atoms with Crippen LogP contribution in [0, 0.1) is 17.2 Å². The third-order valence-electron chi connectivity index (χ3n) is 7.21.